The number of piperidine rings is 1. The Labute approximate surface area is 127 Å². The largest absolute Gasteiger partial charge is 0.493 e. The van der Waals surface area contributed by atoms with Crippen molar-refractivity contribution in [3.63, 3.8) is 0 Å². The Bertz CT molecular complexity index is 440. The maximum Gasteiger partial charge on any atom is 0.122 e. The highest BCUT2D eigenvalue weighted by atomic mass is 35.5. The molecule has 0 radical (unpaired) electrons. The minimum Gasteiger partial charge on any atom is -0.493 e. The van der Waals surface area contributed by atoms with Gasteiger partial charge in [-0.2, -0.15) is 0 Å². The van der Waals surface area contributed by atoms with Crippen molar-refractivity contribution in [3.8, 4) is 5.75 Å². The molecule has 1 aromatic rings. The molecule has 3 heteroatoms. The number of likely N-dealkylation sites (tertiary alicyclic amines) is 1. The third-order valence-corrected chi connectivity index (χ3v) is 5.20. The van der Waals surface area contributed by atoms with Gasteiger partial charge in [-0.25, -0.2) is 0 Å². The predicted molar refractivity (Wildman–Crippen MR) is 83.8 cm³/mol. The first-order valence-corrected chi connectivity index (χ1v) is 8.26. The van der Waals surface area contributed by atoms with Gasteiger partial charge in [0.05, 0.1) is 6.61 Å². The molecule has 0 N–H and O–H groups in total. The van der Waals surface area contributed by atoms with E-state index in [-0.39, 0.29) is 0 Å². The molecule has 0 bridgehead atoms. The summed E-state index contributed by atoms with van der Waals surface area (Å²) in [6, 6.07) is 8.52. The Morgan fingerprint density at radius 2 is 2.00 bits per heavy atom. The van der Waals surface area contributed by atoms with Crippen molar-refractivity contribution >= 4 is 11.6 Å². The van der Waals surface area contributed by atoms with Crippen molar-refractivity contribution in [3.05, 3.63) is 29.8 Å². The second-order valence-corrected chi connectivity index (χ2v) is 6.88. The first kappa shape index (κ1) is 14.2. The van der Waals surface area contributed by atoms with Crippen LogP contribution in [0.25, 0.3) is 0 Å². The molecule has 2 unspecified atom stereocenters. The quantitative estimate of drug-likeness (QED) is 0.784. The predicted octanol–water partition coefficient (Wildman–Crippen LogP) is 3.89. The van der Waals surface area contributed by atoms with Gasteiger partial charge in [-0.15, -0.1) is 11.6 Å². The molecule has 20 heavy (non-hydrogen) atoms. The van der Waals surface area contributed by atoms with Gasteiger partial charge >= 0.3 is 0 Å². The standard InChI is InChI=1S/C17H24ClNO/c1-13(18)14-6-9-19(10-7-14)12-15-8-11-20-17-5-3-2-4-16(15)17/h2-5,13-15H,6-12H2,1H3. The molecule has 0 amide bonds. The zero-order chi connectivity index (χ0) is 13.9. The van der Waals surface area contributed by atoms with Crippen LogP contribution in [0, 0.1) is 5.92 Å². The summed E-state index contributed by atoms with van der Waals surface area (Å²) in [5, 5.41) is 0.320. The number of ether oxygens (including phenoxy) is 1. The summed E-state index contributed by atoms with van der Waals surface area (Å²) in [7, 11) is 0. The summed E-state index contributed by atoms with van der Waals surface area (Å²) in [4.78, 5) is 2.61. The maximum atomic E-state index is 6.23. The van der Waals surface area contributed by atoms with E-state index in [1.807, 2.05) is 0 Å². The molecule has 1 fully saturated rings. The molecule has 2 heterocycles. The number of alkyl halides is 1. The van der Waals surface area contributed by atoms with Crippen LogP contribution < -0.4 is 4.74 Å². The number of hydrogen-bond donors (Lipinski definition) is 0. The zero-order valence-corrected chi connectivity index (χ0v) is 13.0. The Morgan fingerprint density at radius 1 is 1.25 bits per heavy atom. The Morgan fingerprint density at radius 3 is 2.75 bits per heavy atom. The van der Waals surface area contributed by atoms with Crippen LogP contribution >= 0.6 is 11.6 Å². The Kier molecular flexibility index (Phi) is 4.52. The summed E-state index contributed by atoms with van der Waals surface area (Å²) < 4.78 is 5.76. The van der Waals surface area contributed by atoms with Crippen LogP contribution in [0.2, 0.25) is 0 Å². The van der Waals surface area contributed by atoms with E-state index >= 15 is 0 Å². The summed E-state index contributed by atoms with van der Waals surface area (Å²) in [6.45, 7) is 6.56. The molecule has 2 aliphatic heterocycles. The van der Waals surface area contributed by atoms with E-state index in [1.165, 1.54) is 38.0 Å². The van der Waals surface area contributed by atoms with Gasteiger partial charge in [-0.3, -0.25) is 0 Å². The lowest BCUT2D eigenvalue weighted by molar-refractivity contribution is 0.159. The highest BCUT2D eigenvalue weighted by Crippen LogP contribution is 2.34. The normalized spacial score (nSPS) is 25.8. The van der Waals surface area contributed by atoms with Gasteiger partial charge in [0.2, 0.25) is 0 Å². The Balaban J connectivity index is 1.60. The number of rotatable bonds is 3. The highest BCUT2D eigenvalue weighted by Gasteiger charge is 2.27. The molecule has 1 saturated heterocycles. The average molecular weight is 294 g/mol. The van der Waals surface area contributed by atoms with Crippen LogP contribution in [-0.2, 0) is 0 Å². The van der Waals surface area contributed by atoms with Crippen molar-refractivity contribution in [1.82, 2.24) is 4.90 Å². The lowest BCUT2D eigenvalue weighted by Crippen LogP contribution is -2.39. The number of hydrogen-bond acceptors (Lipinski definition) is 2. The molecular formula is C17H24ClNO. The van der Waals surface area contributed by atoms with Gasteiger partial charge in [0, 0.05) is 17.8 Å². The second kappa shape index (κ2) is 6.36. The lowest BCUT2D eigenvalue weighted by Gasteiger charge is -2.36. The number of fused-ring (bicyclic) bond motifs is 1. The fourth-order valence-corrected chi connectivity index (χ4v) is 3.76. The molecule has 2 atom stereocenters. The molecular weight excluding hydrogens is 270 g/mol. The first-order valence-electron chi connectivity index (χ1n) is 7.82. The van der Waals surface area contributed by atoms with Crippen molar-refractivity contribution in [2.45, 2.75) is 37.5 Å². The van der Waals surface area contributed by atoms with Crippen molar-refractivity contribution in [2.75, 3.05) is 26.2 Å². The van der Waals surface area contributed by atoms with Crippen LogP contribution in [0.1, 0.15) is 37.7 Å². The van der Waals surface area contributed by atoms with E-state index in [0.717, 1.165) is 18.8 Å². The average Bonchev–Trinajstić information content (AvgIpc) is 2.48. The molecule has 0 saturated carbocycles. The van der Waals surface area contributed by atoms with Crippen LogP contribution in [-0.4, -0.2) is 36.5 Å². The second-order valence-electron chi connectivity index (χ2n) is 6.19. The van der Waals surface area contributed by atoms with E-state index in [4.69, 9.17) is 16.3 Å². The van der Waals surface area contributed by atoms with Crippen molar-refractivity contribution in [1.29, 1.82) is 0 Å². The van der Waals surface area contributed by atoms with Gasteiger partial charge in [0.1, 0.15) is 5.75 Å². The minimum absolute atomic E-state index is 0.320. The zero-order valence-electron chi connectivity index (χ0n) is 12.2. The topological polar surface area (TPSA) is 12.5 Å². The van der Waals surface area contributed by atoms with Gasteiger partial charge in [-0.1, -0.05) is 18.2 Å². The van der Waals surface area contributed by atoms with Crippen LogP contribution in [0.4, 0.5) is 0 Å². The smallest absolute Gasteiger partial charge is 0.122 e. The molecule has 0 aliphatic carbocycles. The van der Waals surface area contributed by atoms with Crippen molar-refractivity contribution in [2.24, 2.45) is 5.92 Å². The fourth-order valence-electron chi connectivity index (χ4n) is 3.51. The lowest BCUT2D eigenvalue weighted by atomic mass is 9.90. The van der Waals surface area contributed by atoms with E-state index in [2.05, 4.69) is 36.1 Å². The van der Waals surface area contributed by atoms with Crippen LogP contribution in [0.5, 0.6) is 5.75 Å². The SMILES string of the molecule is CC(Cl)C1CCN(CC2CCOc3ccccc32)CC1. The molecule has 110 valence electrons. The monoisotopic (exact) mass is 293 g/mol. The molecule has 0 spiro atoms. The van der Waals surface area contributed by atoms with Gasteiger partial charge in [0.15, 0.2) is 0 Å². The summed E-state index contributed by atoms with van der Waals surface area (Å²) in [6.07, 6.45) is 3.63. The van der Waals surface area contributed by atoms with Crippen molar-refractivity contribution < 1.29 is 4.74 Å². The molecule has 2 aliphatic rings. The summed E-state index contributed by atoms with van der Waals surface area (Å²) in [5.41, 5.74) is 1.39. The number of benzene rings is 1. The molecule has 0 aromatic heterocycles. The molecule has 2 nitrogen and oxygen atoms in total. The number of para-hydroxylation sites is 1. The third-order valence-electron chi connectivity index (χ3n) is 4.84. The van der Waals surface area contributed by atoms with Gasteiger partial charge < -0.3 is 9.64 Å². The molecule has 3 rings (SSSR count). The summed E-state index contributed by atoms with van der Waals surface area (Å²) in [5.74, 6) is 2.42. The first-order chi connectivity index (χ1) is 9.74. The highest BCUT2D eigenvalue weighted by molar-refractivity contribution is 6.20. The van der Waals surface area contributed by atoms with E-state index < -0.39 is 0 Å². The van der Waals surface area contributed by atoms with Gasteiger partial charge in [-0.05, 0) is 56.8 Å². The van der Waals surface area contributed by atoms with Gasteiger partial charge in [0.25, 0.3) is 0 Å². The maximum absolute atomic E-state index is 6.23. The van der Waals surface area contributed by atoms with E-state index in [1.54, 1.807) is 0 Å². The van der Waals surface area contributed by atoms with E-state index in [0.29, 0.717) is 17.2 Å². The van der Waals surface area contributed by atoms with E-state index in [9.17, 15) is 0 Å². The fraction of sp³-hybridized carbons (Fsp3) is 0.647. The minimum atomic E-state index is 0.320. The Hall–Kier alpha value is -0.730. The summed E-state index contributed by atoms with van der Waals surface area (Å²) >= 11 is 6.23. The number of nitrogens with zero attached hydrogens (tertiary/aromatic N) is 1. The molecule has 1 aromatic carbocycles. The van der Waals surface area contributed by atoms with Crippen LogP contribution in [0.15, 0.2) is 24.3 Å². The number of halogens is 1. The third kappa shape index (κ3) is 3.12. The van der Waals surface area contributed by atoms with Crippen LogP contribution in [0.3, 0.4) is 0 Å².